The number of rotatable bonds is 7. The summed E-state index contributed by atoms with van der Waals surface area (Å²) in [6.45, 7) is 1.44. The highest BCUT2D eigenvalue weighted by Gasteiger charge is 2.55. The topological polar surface area (TPSA) is 126 Å². The fourth-order valence-electron chi connectivity index (χ4n) is 3.53. The third-order valence-corrected chi connectivity index (χ3v) is 5.46. The fraction of sp³-hybridized carbons (Fsp3) is 0.318. The number of amidine groups is 1. The molecule has 2 aromatic rings. The molecule has 8 nitrogen and oxygen atoms in total. The second-order valence-electron chi connectivity index (χ2n) is 8.19. The summed E-state index contributed by atoms with van der Waals surface area (Å²) in [5, 5.41) is 8.82. The van der Waals surface area contributed by atoms with Crippen LogP contribution in [0.3, 0.4) is 0 Å². The van der Waals surface area contributed by atoms with E-state index in [9.17, 15) is 27.2 Å². The zero-order chi connectivity index (χ0) is 26.1. The number of amides is 2. The zero-order valence-electron chi connectivity index (χ0n) is 18.7. The molecule has 188 valence electrons. The molecule has 0 aliphatic heterocycles. The largest absolute Gasteiger partial charge is 0.471 e. The van der Waals surface area contributed by atoms with Crippen molar-refractivity contribution in [2.24, 2.45) is 16.7 Å². The van der Waals surface area contributed by atoms with E-state index < -0.39 is 41.2 Å². The third kappa shape index (κ3) is 5.67. The maximum Gasteiger partial charge on any atom is 0.471 e. The molecular weight excluding hydrogens is 475 g/mol. The van der Waals surface area contributed by atoms with Gasteiger partial charge >= 0.3 is 12.1 Å². The number of halogens is 5. The molecule has 2 aromatic carbocycles. The average molecular weight is 498 g/mol. The lowest BCUT2D eigenvalue weighted by Gasteiger charge is -2.22. The van der Waals surface area contributed by atoms with Crippen LogP contribution >= 0.6 is 0 Å². The van der Waals surface area contributed by atoms with Crippen LogP contribution in [0.5, 0.6) is 0 Å². The van der Waals surface area contributed by atoms with Gasteiger partial charge in [-0.3, -0.25) is 9.59 Å². The predicted molar refractivity (Wildman–Crippen MR) is 117 cm³/mol. The van der Waals surface area contributed by atoms with Crippen molar-refractivity contribution in [3.8, 4) is 11.1 Å². The number of hydrazone groups is 1. The van der Waals surface area contributed by atoms with E-state index in [-0.39, 0.29) is 40.9 Å². The molecule has 1 atom stereocenters. The highest BCUT2D eigenvalue weighted by Crippen LogP contribution is 2.37. The first-order chi connectivity index (χ1) is 16.2. The summed E-state index contributed by atoms with van der Waals surface area (Å²) < 4.78 is 67.2. The van der Waals surface area contributed by atoms with Crippen LogP contribution in [0.2, 0.25) is 0 Å². The molecule has 35 heavy (non-hydrogen) atoms. The number of nitrogens with zero attached hydrogens (tertiary/aromatic N) is 2. The van der Waals surface area contributed by atoms with E-state index >= 15 is 4.39 Å². The Morgan fingerprint density at radius 3 is 2.34 bits per heavy atom. The van der Waals surface area contributed by atoms with E-state index in [0.29, 0.717) is 0 Å². The summed E-state index contributed by atoms with van der Waals surface area (Å²) in [6, 6.07) is 7.06. The van der Waals surface area contributed by atoms with Crippen molar-refractivity contribution in [2.45, 2.75) is 37.5 Å². The van der Waals surface area contributed by atoms with Gasteiger partial charge in [0.05, 0.1) is 11.6 Å². The minimum Gasteiger partial charge on any atom is -0.382 e. The van der Waals surface area contributed by atoms with Gasteiger partial charge in [-0.05, 0) is 43.0 Å². The Morgan fingerprint density at radius 1 is 1.14 bits per heavy atom. The highest BCUT2D eigenvalue weighted by molar-refractivity contribution is 6.03. The van der Waals surface area contributed by atoms with Crippen molar-refractivity contribution in [3.05, 3.63) is 59.2 Å². The Bertz CT molecular complexity index is 1180. The third-order valence-electron chi connectivity index (χ3n) is 5.46. The average Bonchev–Trinajstić information content (AvgIpc) is 3.52. The molecule has 3 rings (SSSR count). The Labute approximate surface area is 197 Å². The van der Waals surface area contributed by atoms with E-state index in [0.717, 1.165) is 17.3 Å². The van der Waals surface area contributed by atoms with Crippen LogP contribution < -0.4 is 22.2 Å². The molecule has 0 bridgehead atoms. The molecule has 1 aliphatic carbocycles. The van der Waals surface area contributed by atoms with Gasteiger partial charge < -0.3 is 16.4 Å². The van der Waals surface area contributed by atoms with E-state index in [2.05, 4.69) is 10.4 Å². The van der Waals surface area contributed by atoms with Crippen molar-refractivity contribution in [1.29, 1.82) is 0 Å². The molecule has 1 aliphatic rings. The van der Waals surface area contributed by atoms with E-state index in [1.54, 1.807) is 5.32 Å². The van der Waals surface area contributed by atoms with Gasteiger partial charge in [0.2, 0.25) is 5.91 Å². The standard InChI is InChI=1S/C22H23F5N6O2/c1-11(30-19(34)21(8-9-21)31-20(35)22(25,26)27)13-7-6-12(10-16(13)24)14-4-3-5-15(23)17(14)18(28)32-33(2)29/h3-7,10-11H,8-9,29H2,1-2H3,(H2,28,32)(H,30,34)(H,31,35). The molecule has 1 fully saturated rings. The summed E-state index contributed by atoms with van der Waals surface area (Å²) in [5.74, 6) is 0.669. The number of hydrazine groups is 1. The summed E-state index contributed by atoms with van der Waals surface area (Å²) in [5.41, 5.74) is 4.62. The van der Waals surface area contributed by atoms with Crippen LogP contribution in [-0.4, -0.2) is 41.5 Å². The van der Waals surface area contributed by atoms with E-state index in [4.69, 9.17) is 11.6 Å². The van der Waals surface area contributed by atoms with E-state index in [1.165, 1.54) is 38.2 Å². The highest BCUT2D eigenvalue weighted by atomic mass is 19.4. The monoisotopic (exact) mass is 498 g/mol. The minimum absolute atomic E-state index is 0.0259. The van der Waals surface area contributed by atoms with Gasteiger partial charge in [0.15, 0.2) is 5.84 Å². The van der Waals surface area contributed by atoms with Gasteiger partial charge in [0.25, 0.3) is 0 Å². The number of nitrogens with two attached hydrogens (primary N) is 2. The van der Waals surface area contributed by atoms with Crippen molar-refractivity contribution in [2.75, 3.05) is 7.05 Å². The Morgan fingerprint density at radius 2 is 1.80 bits per heavy atom. The lowest BCUT2D eigenvalue weighted by molar-refractivity contribution is -0.175. The summed E-state index contributed by atoms with van der Waals surface area (Å²) in [7, 11) is 1.39. The molecule has 0 radical (unpaired) electrons. The van der Waals surface area contributed by atoms with Crippen molar-refractivity contribution >= 4 is 17.6 Å². The summed E-state index contributed by atoms with van der Waals surface area (Å²) in [4.78, 5) is 23.8. The fourth-order valence-corrected chi connectivity index (χ4v) is 3.53. The van der Waals surface area contributed by atoms with Gasteiger partial charge in [0.1, 0.15) is 17.2 Å². The maximum atomic E-state index is 15.0. The minimum atomic E-state index is -5.13. The molecule has 1 unspecified atom stereocenters. The SMILES string of the molecule is CC(NC(=O)C1(NC(=O)C(F)(F)F)CC1)c1ccc(-c2cccc(F)c2/C(N)=N/N(C)N)cc1F. The maximum absolute atomic E-state index is 15.0. The molecule has 0 aromatic heterocycles. The predicted octanol–water partition coefficient (Wildman–Crippen LogP) is 2.45. The van der Waals surface area contributed by atoms with Crippen LogP contribution in [0.15, 0.2) is 41.5 Å². The zero-order valence-corrected chi connectivity index (χ0v) is 18.7. The number of carbonyl (C=O) groups is 2. The number of carbonyl (C=O) groups excluding carboxylic acids is 2. The Hall–Kier alpha value is -3.74. The van der Waals surface area contributed by atoms with Crippen LogP contribution in [0.25, 0.3) is 11.1 Å². The van der Waals surface area contributed by atoms with Crippen LogP contribution in [0.4, 0.5) is 22.0 Å². The van der Waals surface area contributed by atoms with Crippen LogP contribution in [-0.2, 0) is 9.59 Å². The summed E-state index contributed by atoms with van der Waals surface area (Å²) in [6.07, 6.45) is -5.08. The lowest BCUT2D eigenvalue weighted by Crippen LogP contribution is -2.53. The van der Waals surface area contributed by atoms with Crippen molar-refractivity contribution < 1.29 is 31.5 Å². The normalized spacial score (nSPS) is 15.8. The molecule has 0 heterocycles. The van der Waals surface area contributed by atoms with Gasteiger partial charge in [-0.25, -0.2) is 19.7 Å². The first-order valence-corrected chi connectivity index (χ1v) is 10.4. The van der Waals surface area contributed by atoms with Gasteiger partial charge in [-0.15, -0.1) is 5.10 Å². The van der Waals surface area contributed by atoms with Gasteiger partial charge in [-0.2, -0.15) is 13.2 Å². The number of nitrogens with one attached hydrogen (secondary N) is 2. The summed E-state index contributed by atoms with van der Waals surface area (Å²) >= 11 is 0. The first kappa shape index (κ1) is 25.9. The number of hydrogen-bond acceptors (Lipinski definition) is 5. The smallest absolute Gasteiger partial charge is 0.382 e. The van der Waals surface area contributed by atoms with Gasteiger partial charge in [0, 0.05) is 12.6 Å². The van der Waals surface area contributed by atoms with Crippen LogP contribution in [0, 0.1) is 11.6 Å². The van der Waals surface area contributed by atoms with Crippen molar-refractivity contribution in [3.63, 3.8) is 0 Å². The number of alkyl halides is 3. The molecule has 6 N–H and O–H groups in total. The van der Waals surface area contributed by atoms with Crippen molar-refractivity contribution in [1.82, 2.24) is 15.8 Å². The first-order valence-electron chi connectivity index (χ1n) is 10.4. The molecular formula is C22H23F5N6O2. The molecule has 1 saturated carbocycles. The molecule has 2 amide bonds. The Balaban J connectivity index is 1.83. The second kappa shape index (κ2) is 9.49. The lowest BCUT2D eigenvalue weighted by atomic mass is 9.96. The number of hydrogen-bond donors (Lipinski definition) is 4. The molecule has 13 heteroatoms. The second-order valence-corrected chi connectivity index (χ2v) is 8.19. The molecule has 0 spiro atoms. The number of benzene rings is 2. The van der Waals surface area contributed by atoms with E-state index in [1.807, 2.05) is 0 Å². The van der Waals surface area contributed by atoms with Gasteiger partial charge in [-0.1, -0.05) is 24.3 Å². The molecule has 0 saturated heterocycles. The Kier molecular flexibility index (Phi) is 7.01. The van der Waals surface area contributed by atoms with Crippen LogP contribution in [0.1, 0.15) is 36.9 Å². The quantitative estimate of drug-likeness (QED) is 0.153.